The van der Waals surface area contributed by atoms with Crippen LogP contribution >= 0.6 is 0 Å². The van der Waals surface area contributed by atoms with E-state index in [4.69, 9.17) is 9.47 Å². The summed E-state index contributed by atoms with van der Waals surface area (Å²) in [7, 11) is 1.62. The molecule has 0 aromatic heterocycles. The Bertz CT molecular complexity index is 145. The lowest BCUT2D eigenvalue weighted by molar-refractivity contribution is -0.104. The summed E-state index contributed by atoms with van der Waals surface area (Å²) >= 11 is 0. The van der Waals surface area contributed by atoms with Crippen LogP contribution in [0.2, 0.25) is 0 Å². The minimum atomic E-state index is 0.466. The number of rotatable bonds is 6. The second-order valence-corrected chi connectivity index (χ2v) is 1.74. The van der Waals surface area contributed by atoms with E-state index in [1.54, 1.807) is 13.2 Å². The Morgan fingerprint density at radius 1 is 1.45 bits per heavy atom. The maximum Gasteiger partial charge on any atom is 0.150 e. The van der Waals surface area contributed by atoms with Crippen LogP contribution in [0.3, 0.4) is 0 Å². The quantitative estimate of drug-likeness (QED) is 0.244. The highest BCUT2D eigenvalue weighted by Crippen LogP contribution is 1.76. The van der Waals surface area contributed by atoms with E-state index in [2.05, 4.69) is 5.73 Å². The van der Waals surface area contributed by atoms with Crippen molar-refractivity contribution in [3.8, 4) is 0 Å². The van der Waals surface area contributed by atoms with Gasteiger partial charge in [0.2, 0.25) is 0 Å². The van der Waals surface area contributed by atoms with Crippen molar-refractivity contribution in [2.24, 2.45) is 0 Å². The molecule has 0 heterocycles. The maximum absolute atomic E-state index is 9.74. The van der Waals surface area contributed by atoms with Crippen molar-refractivity contribution < 1.29 is 14.3 Å². The van der Waals surface area contributed by atoms with Crippen molar-refractivity contribution in [3.05, 3.63) is 17.9 Å². The van der Waals surface area contributed by atoms with Gasteiger partial charge in [-0.2, -0.15) is 0 Å². The molecule has 11 heavy (non-hydrogen) atoms. The third-order valence-corrected chi connectivity index (χ3v) is 0.915. The molecule has 3 heteroatoms. The van der Waals surface area contributed by atoms with Crippen LogP contribution in [0.15, 0.2) is 17.9 Å². The first-order valence-electron chi connectivity index (χ1n) is 3.33. The Balaban J connectivity index is 3.13. The van der Waals surface area contributed by atoms with E-state index in [0.29, 0.717) is 26.1 Å². The lowest BCUT2D eigenvalue weighted by Crippen LogP contribution is -2.00. The first-order valence-corrected chi connectivity index (χ1v) is 3.33. The summed E-state index contributed by atoms with van der Waals surface area (Å²) < 4.78 is 9.79. The number of carbonyl (C=O) groups is 1. The van der Waals surface area contributed by atoms with Gasteiger partial charge in [-0.05, 0) is 6.08 Å². The van der Waals surface area contributed by atoms with Gasteiger partial charge in [0.15, 0.2) is 6.29 Å². The third-order valence-electron chi connectivity index (χ3n) is 0.915. The Morgan fingerprint density at radius 2 is 2.27 bits per heavy atom. The van der Waals surface area contributed by atoms with Crippen LogP contribution < -0.4 is 0 Å². The normalized spacial score (nSPS) is 8.45. The molecule has 0 unspecified atom stereocenters. The van der Waals surface area contributed by atoms with Gasteiger partial charge in [0.25, 0.3) is 0 Å². The van der Waals surface area contributed by atoms with Gasteiger partial charge in [-0.3, -0.25) is 4.79 Å². The Labute approximate surface area is 66.3 Å². The first kappa shape index (κ1) is 10.1. The Kier molecular flexibility index (Phi) is 8.37. The van der Waals surface area contributed by atoms with E-state index in [0.717, 1.165) is 0 Å². The topological polar surface area (TPSA) is 35.5 Å². The van der Waals surface area contributed by atoms with Gasteiger partial charge in [-0.15, -0.1) is 5.73 Å². The molecule has 0 aliphatic heterocycles. The average Bonchev–Trinajstić information content (AvgIpc) is 2.03. The smallest absolute Gasteiger partial charge is 0.150 e. The summed E-state index contributed by atoms with van der Waals surface area (Å²) in [6, 6.07) is 0. The van der Waals surface area contributed by atoms with E-state index in [9.17, 15) is 4.79 Å². The van der Waals surface area contributed by atoms with Gasteiger partial charge < -0.3 is 9.47 Å². The Morgan fingerprint density at radius 3 is 2.91 bits per heavy atom. The predicted octanol–water partition coefficient (Wildman–Crippen LogP) is 0.560. The van der Waals surface area contributed by atoms with Gasteiger partial charge in [-0.1, -0.05) is 0 Å². The molecule has 0 atom stereocenters. The number of aldehydes is 1. The molecule has 0 aliphatic carbocycles. The molecule has 0 saturated carbocycles. The largest absolute Gasteiger partial charge is 0.382 e. The van der Waals surface area contributed by atoms with Crippen molar-refractivity contribution in [3.63, 3.8) is 0 Å². The van der Waals surface area contributed by atoms with Crippen LogP contribution in [0.1, 0.15) is 0 Å². The fraction of sp³-hybridized carbons (Fsp3) is 0.500. The number of ether oxygens (including phenoxy) is 2. The predicted molar refractivity (Wildman–Crippen MR) is 41.4 cm³/mol. The molecule has 62 valence electrons. The van der Waals surface area contributed by atoms with Crippen LogP contribution in [0.25, 0.3) is 0 Å². The number of methoxy groups -OCH3 is 1. The molecular formula is C8H12O3. The molecule has 0 saturated heterocycles. The van der Waals surface area contributed by atoms with Crippen LogP contribution in [-0.2, 0) is 14.3 Å². The first-order chi connectivity index (χ1) is 5.41. The standard InChI is InChI=1S/C8H12O3/c1-10-7-8-11-6-4-2-3-5-9/h3-5H,6-8H2,1H3. The molecule has 0 rings (SSSR count). The lowest BCUT2D eigenvalue weighted by atomic mass is 10.5. The van der Waals surface area contributed by atoms with Crippen LogP contribution in [0, 0.1) is 0 Å². The second-order valence-electron chi connectivity index (χ2n) is 1.74. The van der Waals surface area contributed by atoms with Crippen molar-refractivity contribution >= 4 is 6.29 Å². The summed E-state index contributed by atoms with van der Waals surface area (Å²) in [5, 5.41) is 0. The molecule has 0 aromatic rings. The monoisotopic (exact) mass is 156 g/mol. The fourth-order valence-corrected chi connectivity index (χ4v) is 0.440. The highest BCUT2D eigenvalue weighted by atomic mass is 16.5. The third kappa shape index (κ3) is 9.11. The molecule has 0 aromatic carbocycles. The van der Waals surface area contributed by atoms with Crippen LogP contribution in [-0.4, -0.2) is 33.2 Å². The van der Waals surface area contributed by atoms with Crippen LogP contribution in [0.5, 0.6) is 0 Å². The molecular weight excluding hydrogens is 144 g/mol. The van der Waals surface area contributed by atoms with Gasteiger partial charge >= 0.3 is 0 Å². The maximum atomic E-state index is 9.74. The Hall–Kier alpha value is -0.890. The second kappa shape index (κ2) is 9.11. The SMILES string of the molecule is COCCOCC=C=CC=O. The van der Waals surface area contributed by atoms with Gasteiger partial charge in [0.05, 0.1) is 19.8 Å². The molecule has 0 N–H and O–H groups in total. The molecule has 0 amide bonds. The molecule has 0 aliphatic rings. The van der Waals surface area contributed by atoms with Gasteiger partial charge in [0, 0.05) is 13.2 Å². The van der Waals surface area contributed by atoms with E-state index in [1.807, 2.05) is 0 Å². The van der Waals surface area contributed by atoms with Crippen LogP contribution in [0.4, 0.5) is 0 Å². The number of hydrogen-bond donors (Lipinski definition) is 0. The summed E-state index contributed by atoms with van der Waals surface area (Å²) in [6.45, 7) is 1.62. The molecule has 3 nitrogen and oxygen atoms in total. The molecule has 0 spiro atoms. The van der Waals surface area contributed by atoms with Crippen molar-refractivity contribution in [2.45, 2.75) is 0 Å². The summed E-state index contributed by atoms with van der Waals surface area (Å²) in [6.07, 6.45) is 3.61. The zero-order chi connectivity index (χ0) is 8.36. The molecule has 0 bridgehead atoms. The summed E-state index contributed by atoms with van der Waals surface area (Å²) in [5.41, 5.74) is 2.63. The highest BCUT2D eigenvalue weighted by Gasteiger charge is 1.80. The highest BCUT2D eigenvalue weighted by molar-refractivity contribution is 5.64. The summed E-state index contributed by atoms with van der Waals surface area (Å²) in [5.74, 6) is 0. The number of carbonyl (C=O) groups excluding carboxylic acids is 1. The van der Waals surface area contributed by atoms with E-state index < -0.39 is 0 Å². The van der Waals surface area contributed by atoms with Gasteiger partial charge in [0.1, 0.15) is 0 Å². The van der Waals surface area contributed by atoms with E-state index >= 15 is 0 Å². The average molecular weight is 156 g/mol. The van der Waals surface area contributed by atoms with E-state index in [-0.39, 0.29) is 0 Å². The van der Waals surface area contributed by atoms with Crippen molar-refractivity contribution in [1.82, 2.24) is 0 Å². The molecule has 0 fully saturated rings. The van der Waals surface area contributed by atoms with E-state index in [1.165, 1.54) is 6.08 Å². The minimum Gasteiger partial charge on any atom is -0.382 e. The minimum absolute atomic E-state index is 0.466. The van der Waals surface area contributed by atoms with Crippen molar-refractivity contribution in [2.75, 3.05) is 26.9 Å². The van der Waals surface area contributed by atoms with Crippen molar-refractivity contribution in [1.29, 1.82) is 0 Å². The molecule has 0 radical (unpaired) electrons. The zero-order valence-electron chi connectivity index (χ0n) is 6.58. The zero-order valence-corrected chi connectivity index (χ0v) is 6.58. The lowest BCUT2D eigenvalue weighted by Gasteiger charge is -1.96. The van der Waals surface area contributed by atoms with Gasteiger partial charge in [-0.25, -0.2) is 0 Å². The summed E-state index contributed by atoms with van der Waals surface area (Å²) in [4.78, 5) is 9.74. The fourth-order valence-electron chi connectivity index (χ4n) is 0.440. The number of hydrogen-bond acceptors (Lipinski definition) is 3.